The Morgan fingerprint density at radius 3 is 3.18 bits per heavy atom. The zero-order valence-electron chi connectivity index (χ0n) is 12.8. The highest BCUT2D eigenvalue weighted by molar-refractivity contribution is 5.72. The fraction of sp³-hybridized carbons (Fsp3) is 0.412. The number of oxazole rings is 1. The lowest BCUT2D eigenvalue weighted by Crippen LogP contribution is -2.31. The van der Waals surface area contributed by atoms with Gasteiger partial charge in [-0.15, -0.1) is 0 Å². The van der Waals surface area contributed by atoms with Crippen molar-refractivity contribution in [1.82, 2.24) is 19.4 Å². The number of benzene rings is 1. The molecule has 0 fully saturated rings. The van der Waals surface area contributed by atoms with Crippen LogP contribution >= 0.6 is 0 Å². The van der Waals surface area contributed by atoms with Gasteiger partial charge in [-0.1, -0.05) is 12.1 Å². The van der Waals surface area contributed by atoms with Gasteiger partial charge in [0, 0.05) is 31.9 Å². The maximum atomic E-state index is 5.80. The highest BCUT2D eigenvalue weighted by atomic mass is 16.3. The minimum Gasteiger partial charge on any atom is -0.439 e. The van der Waals surface area contributed by atoms with Crippen molar-refractivity contribution in [2.45, 2.75) is 25.9 Å². The van der Waals surface area contributed by atoms with Crippen molar-refractivity contribution >= 4 is 11.1 Å². The largest absolute Gasteiger partial charge is 0.439 e. The number of hydrogen-bond acceptors (Lipinski definition) is 4. The quantitative estimate of drug-likeness (QED) is 0.742. The first kappa shape index (κ1) is 13.5. The van der Waals surface area contributed by atoms with E-state index in [2.05, 4.69) is 32.7 Å². The first-order valence-electron chi connectivity index (χ1n) is 7.81. The normalized spacial score (nSPS) is 18.0. The summed E-state index contributed by atoms with van der Waals surface area (Å²) in [6, 6.07) is 7.92. The van der Waals surface area contributed by atoms with Crippen molar-refractivity contribution in [3.63, 3.8) is 0 Å². The van der Waals surface area contributed by atoms with Crippen molar-refractivity contribution < 1.29 is 4.42 Å². The predicted molar refractivity (Wildman–Crippen MR) is 84.4 cm³/mol. The molecule has 5 nitrogen and oxygen atoms in total. The molecule has 0 saturated carbocycles. The van der Waals surface area contributed by atoms with E-state index in [1.807, 2.05) is 30.5 Å². The van der Waals surface area contributed by atoms with Gasteiger partial charge in [0.15, 0.2) is 5.58 Å². The second kappa shape index (κ2) is 5.57. The lowest BCUT2D eigenvalue weighted by atomic mass is 9.99. The van der Waals surface area contributed by atoms with Gasteiger partial charge in [-0.25, -0.2) is 9.97 Å². The van der Waals surface area contributed by atoms with Crippen LogP contribution in [-0.4, -0.2) is 33.0 Å². The Hall–Kier alpha value is -2.14. The lowest BCUT2D eigenvalue weighted by molar-refractivity contribution is 0.215. The molecule has 0 saturated heterocycles. The highest BCUT2D eigenvalue weighted by Gasteiger charge is 2.20. The number of fused-ring (bicyclic) bond motifs is 2. The summed E-state index contributed by atoms with van der Waals surface area (Å²) < 4.78 is 8.08. The molecule has 0 radical (unpaired) electrons. The number of aryl methyl sites for hydroxylation is 1. The molecule has 1 aliphatic heterocycles. The molecule has 0 bridgehead atoms. The fourth-order valence-electron chi connectivity index (χ4n) is 3.31. The summed E-state index contributed by atoms with van der Waals surface area (Å²) in [4.78, 5) is 11.2. The van der Waals surface area contributed by atoms with Gasteiger partial charge >= 0.3 is 0 Å². The highest BCUT2D eigenvalue weighted by Crippen LogP contribution is 2.21. The van der Waals surface area contributed by atoms with Crippen molar-refractivity contribution in [3.05, 3.63) is 48.4 Å². The van der Waals surface area contributed by atoms with Crippen LogP contribution < -0.4 is 0 Å². The summed E-state index contributed by atoms with van der Waals surface area (Å²) in [5.74, 6) is 2.68. The third-order valence-corrected chi connectivity index (χ3v) is 4.35. The minimum absolute atomic E-state index is 0.663. The number of aromatic nitrogens is 3. The molecule has 0 amide bonds. The zero-order valence-corrected chi connectivity index (χ0v) is 12.8. The van der Waals surface area contributed by atoms with Crippen LogP contribution in [0.5, 0.6) is 0 Å². The maximum absolute atomic E-state index is 5.80. The monoisotopic (exact) mass is 296 g/mol. The second-order valence-corrected chi connectivity index (χ2v) is 6.17. The third-order valence-electron chi connectivity index (χ3n) is 4.35. The van der Waals surface area contributed by atoms with E-state index in [9.17, 15) is 0 Å². The first-order chi connectivity index (χ1) is 10.8. The standard InChI is InChI=1S/C17H20N4O/c1-20(10-13-6-7-16-18-8-9-21(16)11-13)12-17-19-14-4-2-3-5-15(14)22-17/h2-5,8-9,13H,6-7,10-12H2,1H3/t13-/m1/s1. The Labute approximate surface area is 129 Å². The average molecular weight is 296 g/mol. The van der Waals surface area contributed by atoms with Gasteiger partial charge in [0.05, 0.1) is 6.54 Å². The zero-order chi connectivity index (χ0) is 14.9. The van der Waals surface area contributed by atoms with E-state index in [0.29, 0.717) is 5.92 Å². The number of imidazole rings is 1. The Balaban J connectivity index is 1.39. The molecule has 3 heterocycles. The summed E-state index contributed by atoms with van der Waals surface area (Å²) >= 11 is 0. The van der Waals surface area contributed by atoms with Crippen molar-refractivity contribution in [3.8, 4) is 0 Å². The van der Waals surface area contributed by atoms with Crippen LogP contribution in [-0.2, 0) is 19.5 Å². The molecule has 114 valence electrons. The van der Waals surface area contributed by atoms with E-state index in [0.717, 1.165) is 43.0 Å². The molecule has 0 spiro atoms. The Bertz CT molecular complexity index is 743. The van der Waals surface area contributed by atoms with E-state index in [-0.39, 0.29) is 0 Å². The molecule has 1 atom stereocenters. The molecule has 3 aromatic rings. The van der Waals surface area contributed by atoms with Crippen LogP contribution in [0.15, 0.2) is 41.1 Å². The minimum atomic E-state index is 0.663. The summed E-state index contributed by atoms with van der Waals surface area (Å²) in [5.41, 5.74) is 1.80. The Morgan fingerprint density at radius 1 is 1.36 bits per heavy atom. The number of rotatable bonds is 4. The van der Waals surface area contributed by atoms with Gasteiger partial charge < -0.3 is 8.98 Å². The van der Waals surface area contributed by atoms with Crippen LogP contribution in [0.1, 0.15) is 18.1 Å². The van der Waals surface area contributed by atoms with Gasteiger partial charge in [-0.05, 0) is 31.5 Å². The van der Waals surface area contributed by atoms with E-state index in [1.54, 1.807) is 0 Å². The van der Waals surface area contributed by atoms with E-state index >= 15 is 0 Å². The number of hydrogen-bond donors (Lipinski definition) is 0. The lowest BCUT2D eigenvalue weighted by Gasteiger charge is -2.27. The Morgan fingerprint density at radius 2 is 2.27 bits per heavy atom. The molecule has 5 heteroatoms. The average Bonchev–Trinajstić information content (AvgIpc) is 3.11. The summed E-state index contributed by atoms with van der Waals surface area (Å²) in [6.07, 6.45) is 6.27. The first-order valence-corrected chi connectivity index (χ1v) is 7.81. The Kier molecular flexibility index (Phi) is 3.42. The van der Waals surface area contributed by atoms with Gasteiger partial charge in [0.2, 0.25) is 5.89 Å². The van der Waals surface area contributed by atoms with E-state index in [1.165, 1.54) is 12.2 Å². The molecule has 1 aromatic carbocycles. The molecular weight excluding hydrogens is 276 g/mol. The van der Waals surface area contributed by atoms with Gasteiger partial charge in [0.1, 0.15) is 11.3 Å². The molecule has 0 N–H and O–H groups in total. The summed E-state index contributed by atoms with van der Waals surface area (Å²) in [5, 5.41) is 0. The number of para-hydroxylation sites is 2. The van der Waals surface area contributed by atoms with Crippen molar-refractivity contribution in [2.24, 2.45) is 5.92 Å². The molecular formula is C17H20N4O. The van der Waals surface area contributed by atoms with Crippen LogP contribution in [0.3, 0.4) is 0 Å². The molecule has 0 aliphatic carbocycles. The van der Waals surface area contributed by atoms with Gasteiger partial charge in [-0.2, -0.15) is 0 Å². The number of nitrogens with zero attached hydrogens (tertiary/aromatic N) is 4. The van der Waals surface area contributed by atoms with Crippen LogP contribution in [0.25, 0.3) is 11.1 Å². The smallest absolute Gasteiger partial charge is 0.209 e. The van der Waals surface area contributed by atoms with Crippen LogP contribution in [0.2, 0.25) is 0 Å². The van der Waals surface area contributed by atoms with Gasteiger partial charge in [0.25, 0.3) is 0 Å². The van der Waals surface area contributed by atoms with Crippen molar-refractivity contribution in [1.29, 1.82) is 0 Å². The topological polar surface area (TPSA) is 47.1 Å². The molecule has 1 aliphatic rings. The second-order valence-electron chi connectivity index (χ2n) is 6.17. The molecule has 22 heavy (non-hydrogen) atoms. The van der Waals surface area contributed by atoms with E-state index < -0.39 is 0 Å². The fourth-order valence-corrected chi connectivity index (χ4v) is 3.31. The van der Waals surface area contributed by atoms with E-state index in [4.69, 9.17) is 4.42 Å². The molecule has 4 rings (SSSR count). The van der Waals surface area contributed by atoms with Gasteiger partial charge in [-0.3, -0.25) is 4.90 Å². The van der Waals surface area contributed by atoms with Crippen LogP contribution in [0.4, 0.5) is 0 Å². The predicted octanol–water partition coefficient (Wildman–Crippen LogP) is 2.72. The molecule has 0 unspecified atom stereocenters. The molecule has 2 aromatic heterocycles. The SMILES string of the molecule is CN(Cc1nc2ccccc2o1)C[C@H]1CCc2nccn2C1. The summed E-state index contributed by atoms with van der Waals surface area (Å²) in [6.45, 7) is 2.87. The third kappa shape index (κ3) is 2.64. The van der Waals surface area contributed by atoms with Crippen molar-refractivity contribution in [2.75, 3.05) is 13.6 Å². The maximum Gasteiger partial charge on any atom is 0.209 e. The summed E-state index contributed by atoms with van der Waals surface area (Å²) in [7, 11) is 2.14. The van der Waals surface area contributed by atoms with Crippen LogP contribution in [0, 0.1) is 5.92 Å².